The first-order valence-corrected chi connectivity index (χ1v) is 5.88. The molecule has 0 spiro atoms. The molecule has 1 aliphatic carbocycles. The van der Waals surface area contributed by atoms with Crippen LogP contribution in [0.4, 0.5) is 0 Å². The predicted molar refractivity (Wildman–Crippen MR) is 57.9 cm³/mol. The van der Waals surface area contributed by atoms with Crippen LogP contribution in [0.2, 0.25) is 0 Å². The van der Waals surface area contributed by atoms with E-state index in [1.165, 1.54) is 0 Å². The number of carbonyl (C=O) groups excluding carboxylic acids is 1. The fourth-order valence-electron chi connectivity index (χ4n) is 2.87. The summed E-state index contributed by atoms with van der Waals surface area (Å²) in [6.07, 6.45) is 2.17. The fourth-order valence-corrected chi connectivity index (χ4v) is 2.87. The van der Waals surface area contributed by atoms with Gasteiger partial charge in [0.15, 0.2) is 0 Å². The highest BCUT2D eigenvalue weighted by molar-refractivity contribution is 5.79. The van der Waals surface area contributed by atoms with E-state index >= 15 is 0 Å². The van der Waals surface area contributed by atoms with Crippen molar-refractivity contribution in [1.82, 2.24) is 10.2 Å². The molecule has 2 N–H and O–H groups in total. The molecule has 1 amide bonds. The highest BCUT2D eigenvalue weighted by Gasteiger charge is 2.40. The third-order valence-electron chi connectivity index (χ3n) is 3.73. The molecule has 2 aliphatic rings. The van der Waals surface area contributed by atoms with Crippen molar-refractivity contribution in [3.8, 4) is 0 Å². The molecule has 0 aromatic heterocycles. The van der Waals surface area contributed by atoms with Gasteiger partial charge in [0.25, 0.3) is 0 Å². The predicted octanol–water partition coefficient (Wildman–Crippen LogP) is 0.0600. The molecule has 0 aromatic rings. The Morgan fingerprint density at radius 2 is 2.31 bits per heavy atom. The first kappa shape index (κ1) is 11.4. The van der Waals surface area contributed by atoms with Gasteiger partial charge in [0.05, 0.1) is 12.5 Å². The zero-order chi connectivity index (χ0) is 11.7. The van der Waals surface area contributed by atoms with Gasteiger partial charge in [0.2, 0.25) is 5.91 Å². The molecule has 1 heterocycles. The number of nitrogens with one attached hydrogen (secondary N) is 1. The van der Waals surface area contributed by atoms with Crippen LogP contribution in [-0.2, 0) is 9.59 Å². The molecule has 1 saturated heterocycles. The highest BCUT2D eigenvalue weighted by atomic mass is 16.4. The van der Waals surface area contributed by atoms with Crippen LogP contribution < -0.4 is 5.32 Å². The Morgan fingerprint density at radius 1 is 1.56 bits per heavy atom. The number of hydrogen-bond donors (Lipinski definition) is 2. The van der Waals surface area contributed by atoms with Gasteiger partial charge >= 0.3 is 5.97 Å². The van der Waals surface area contributed by atoms with Crippen molar-refractivity contribution in [2.45, 2.75) is 38.3 Å². The number of nitrogens with zero attached hydrogens (tertiary/aromatic N) is 1. The second-order valence-electron chi connectivity index (χ2n) is 4.65. The number of carboxylic acid groups (broad SMARTS) is 1. The Morgan fingerprint density at radius 3 is 2.94 bits per heavy atom. The third kappa shape index (κ3) is 2.04. The maximum absolute atomic E-state index is 11.5. The van der Waals surface area contributed by atoms with Gasteiger partial charge in [0, 0.05) is 12.1 Å². The first-order valence-electron chi connectivity index (χ1n) is 5.88. The molecular formula is C11H18N2O3. The van der Waals surface area contributed by atoms with Gasteiger partial charge in [0.1, 0.15) is 0 Å². The van der Waals surface area contributed by atoms with Crippen LogP contribution in [0, 0.1) is 5.92 Å². The second kappa shape index (κ2) is 4.41. The maximum Gasteiger partial charge on any atom is 0.306 e. The largest absolute Gasteiger partial charge is 0.481 e. The first-order chi connectivity index (χ1) is 7.61. The summed E-state index contributed by atoms with van der Waals surface area (Å²) in [6.45, 7) is 3.35. The van der Waals surface area contributed by atoms with Crippen LogP contribution in [0.1, 0.15) is 26.2 Å². The molecule has 5 heteroatoms. The summed E-state index contributed by atoms with van der Waals surface area (Å²) in [6, 6.07) is 0.356. The Kier molecular flexibility index (Phi) is 3.14. The van der Waals surface area contributed by atoms with Gasteiger partial charge in [-0.3, -0.25) is 14.5 Å². The Labute approximate surface area is 94.8 Å². The average Bonchev–Trinajstić information content (AvgIpc) is 2.26. The van der Waals surface area contributed by atoms with Crippen molar-refractivity contribution >= 4 is 11.9 Å². The van der Waals surface area contributed by atoms with E-state index in [9.17, 15) is 9.59 Å². The number of hydrogen-bond acceptors (Lipinski definition) is 3. The normalized spacial score (nSPS) is 35.3. The van der Waals surface area contributed by atoms with E-state index in [1.54, 1.807) is 0 Å². The minimum atomic E-state index is -0.735. The molecule has 0 unspecified atom stereocenters. The van der Waals surface area contributed by atoms with Crippen molar-refractivity contribution in [2.75, 3.05) is 13.1 Å². The van der Waals surface area contributed by atoms with E-state index in [0.717, 1.165) is 19.4 Å². The lowest BCUT2D eigenvalue weighted by Gasteiger charge is -2.45. The smallest absolute Gasteiger partial charge is 0.306 e. The lowest BCUT2D eigenvalue weighted by Crippen LogP contribution is -2.62. The van der Waals surface area contributed by atoms with E-state index in [2.05, 4.69) is 10.2 Å². The number of amides is 1. The minimum Gasteiger partial charge on any atom is -0.481 e. The Bertz CT molecular complexity index is 306. The summed E-state index contributed by atoms with van der Waals surface area (Å²) in [4.78, 5) is 24.6. The SMILES string of the molecule is CCN1CC(=O)N[C@@H]2C[C@@H](C(=O)O)CC[C@@H]21. The summed E-state index contributed by atoms with van der Waals surface area (Å²) in [5.41, 5.74) is 0. The van der Waals surface area contributed by atoms with Crippen LogP contribution in [0.5, 0.6) is 0 Å². The van der Waals surface area contributed by atoms with Gasteiger partial charge in [-0.25, -0.2) is 0 Å². The number of carbonyl (C=O) groups is 2. The minimum absolute atomic E-state index is 0.0224. The molecule has 2 rings (SSSR count). The molecule has 0 bridgehead atoms. The van der Waals surface area contributed by atoms with E-state index in [-0.39, 0.29) is 17.9 Å². The molecule has 0 radical (unpaired) electrons. The Hall–Kier alpha value is -1.10. The average molecular weight is 226 g/mol. The third-order valence-corrected chi connectivity index (χ3v) is 3.73. The molecule has 0 aromatic carbocycles. The zero-order valence-corrected chi connectivity index (χ0v) is 9.48. The molecule has 5 nitrogen and oxygen atoms in total. The molecule has 2 fully saturated rings. The van der Waals surface area contributed by atoms with Gasteiger partial charge in [-0.2, -0.15) is 0 Å². The summed E-state index contributed by atoms with van der Waals surface area (Å²) < 4.78 is 0. The van der Waals surface area contributed by atoms with Gasteiger partial charge in [-0.1, -0.05) is 6.92 Å². The van der Waals surface area contributed by atoms with Crippen LogP contribution in [0.25, 0.3) is 0 Å². The fraction of sp³-hybridized carbons (Fsp3) is 0.818. The lowest BCUT2D eigenvalue weighted by molar-refractivity contribution is -0.145. The van der Waals surface area contributed by atoms with E-state index in [0.29, 0.717) is 19.0 Å². The van der Waals surface area contributed by atoms with E-state index < -0.39 is 5.97 Å². The molecule has 1 saturated carbocycles. The van der Waals surface area contributed by atoms with Crippen molar-refractivity contribution in [2.24, 2.45) is 5.92 Å². The van der Waals surface area contributed by atoms with E-state index in [4.69, 9.17) is 5.11 Å². The highest BCUT2D eigenvalue weighted by Crippen LogP contribution is 2.29. The van der Waals surface area contributed by atoms with E-state index in [1.807, 2.05) is 6.92 Å². The summed E-state index contributed by atoms with van der Waals surface area (Å²) >= 11 is 0. The molecule has 3 atom stereocenters. The number of fused-ring (bicyclic) bond motifs is 1. The van der Waals surface area contributed by atoms with Gasteiger partial charge in [-0.15, -0.1) is 0 Å². The Balaban J connectivity index is 2.07. The monoisotopic (exact) mass is 226 g/mol. The quantitative estimate of drug-likeness (QED) is 0.698. The molecule has 1 aliphatic heterocycles. The van der Waals surface area contributed by atoms with Crippen molar-refractivity contribution < 1.29 is 14.7 Å². The number of carboxylic acids is 1. The summed E-state index contributed by atoms with van der Waals surface area (Å²) in [5, 5.41) is 11.9. The van der Waals surface area contributed by atoms with Crippen molar-refractivity contribution in [1.29, 1.82) is 0 Å². The van der Waals surface area contributed by atoms with Crippen molar-refractivity contribution in [3.05, 3.63) is 0 Å². The van der Waals surface area contributed by atoms with Crippen LogP contribution in [-0.4, -0.2) is 47.1 Å². The molecule has 90 valence electrons. The van der Waals surface area contributed by atoms with Gasteiger partial charge < -0.3 is 10.4 Å². The topological polar surface area (TPSA) is 69.6 Å². The zero-order valence-electron chi connectivity index (χ0n) is 9.48. The number of rotatable bonds is 2. The summed E-state index contributed by atoms with van der Waals surface area (Å²) in [5.74, 6) is -1.01. The van der Waals surface area contributed by atoms with Crippen molar-refractivity contribution in [3.63, 3.8) is 0 Å². The lowest BCUT2D eigenvalue weighted by atomic mass is 9.80. The maximum atomic E-state index is 11.5. The van der Waals surface area contributed by atoms with Crippen LogP contribution in [0.15, 0.2) is 0 Å². The number of aliphatic carboxylic acids is 1. The number of likely N-dealkylation sites (N-methyl/N-ethyl adjacent to an activating group) is 1. The molecular weight excluding hydrogens is 208 g/mol. The molecule has 16 heavy (non-hydrogen) atoms. The van der Waals surface area contributed by atoms with Gasteiger partial charge in [-0.05, 0) is 25.8 Å². The summed E-state index contributed by atoms with van der Waals surface area (Å²) in [7, 11) is 0. The number of piperazine rings is 1. The van der Waals surface area contributed by atoms with Crippen LogP contribution in [0.3, 0.4) is 0 Å². The van der Waals surface area contributed by atoms with Crippen LogP contribution >= 0.6 is 0 Å². The standard InChI is InChI=1S/C11H18N2O3/c1-2-13-6-10(14)12-8-5-7(11(15)16)3-4-9(8)13/h7-9H,2-6H2,1H3,(H,12,14)(H,15,16)/t7-,8+,9-/m0/s1. The second-order valence-corrected chi connectivity index (χ2v) is 4.65.